The summed E-state index contributed by atoms with van der Waals surface area (Å²) < 4.78 is 0. The summed E-state index contributed by atoms with van der Waals surface area (Å²) in [7, 11) is 1.00. The molecule has 1 aromatic rings. The summed E-state index contributed by atoms with van der Waals surface area (Å²) >= 11 is 1.53. The molecule has 172 valence electrons. The molecule has 5 nitrogen and oxygen atoms in total. The molecule has 2 atom stereocenters. The zero-order valence-corrected chi connectivity index (χ0v) is 20.6. The molecule has 1 aliphatic carbocycles. The minimum absolute atomic E-state index is 0.0118. The Morgan fingerprint density at radius 2 is 1.73 bits per heavy atom. The molecular formula is C24H42N2O3S. The zero-order valence-electron chi connectivity index (χ0n) is 19.8. The summed E-state index contributed by atoms with van der Waals surface area (Å²) in [4.78, 5) is 30.4. The number of thiazole rings is 1. The molecule has 0 radical (unpaired) electrons. The van der Waals surface area contributed by atoms with Crippen molar-refractivity contribution in [3.05, 3.63) is 22.2 Å². The second-order valence-corrected chi connectivity index (χ2v) is 8.12. The summed E-state index contributed by atoms with van der Waals surface area (Å²) in [5, 5.41) is 9.76. The number of hydrogen-bond donors (Lipinski definition) is 1. The van der Waals surface area contributed by atoms with Gasteiger partial charge in [-0.05, 0) is 31.3 Å². The summed E-state index contributed by atoms with van der Waals surface area (Å²) in [6, 6.07) is 0. The molecule has 30 heavy (non-hydrogen) atoms. The molecule has 0 aromatic carbocycles. The van der Waals surface area contributed by atoms with Crippen LogP contribution in [0.15, 0.2) is 17.2 Å². The highest BCUT2D eigenvalue weighted by atomic mass is 32.1. The van der Waals surface area contributed by atoms with Crippen LogP contribution >= 0.6 is 11.3 Å². The van der Waals surface area contributed by atoms with E-state index in [1.807, 2.05) is 51.0 Å². The Morgan fingerprint density at radius 3 is 2.27 bits per heavy atom. The van der Waals surface area contributed by atoms with E-state index < -0.39 is 0 Å². The number of rotatable bonds is 4. The minimum atomic E-state index is -0.0118. The number of aliphatic hydroxyl groups is 1. The maximum atomic E-state index is 12.8. The number of nitrogens with zero attached hydrogens (tertiary/aromatic N) is 2. The molecule has 2 heterocycles. The van der Waals surface area contributed by atoms with Crippen LogP contribution in [-0.4, -0.2) is 47.4 Å². The topological polar surface area (TPSA) is 70.5 Å². The second kappa shape index (κ2) is 17.2. The van der Waals surface area contributed by atoms with E-state index in [-0.39, 0.29) is 11.8 Å². The number of aliphatic hydroxyl groups excluding tert-OH is 1. The van der Waals surface area contributed by atoms with Crippen LogP contribution in [-0.2, 0) is 9.59 Å². The Bertz CT molecular complexity index is 596. The van der Waals surface area contributed by atoms with Gasteiger partial charge >= 0.3 is 0 Å². The molecule has 3 rings (SSSR count). The van der Waals surface area contributed by atoms with Crippen molar-refractivity contribution in [2.24, 2.45) is 17.8 Å². The third-order valence-corrected chi connectivity index (χ3v) is 6.16. The summed E-state index contributed by atoms with van der Waals surface area (Å²) in [5.41, 5.74) is 0.707. The lowest BCUT2D eigenvalue weighted by Crippen LogP contribution is -2.46. The highest BCUT2D eigenvalue weighted by Gasteiger charge is 2.34. The van der Waals surface area contributed by atoms with Crippen molar-refractivity contribution in [1.82, 2.24) is 9.88 Å². The van der Waals surface area contributed by atoms with Gasteiger partial charge < -0.3 is 14.8 Å². The Labute approximate surface area is 187 Å². The smallest absolute Gasteiger partial charge is 0.249 e. The van der Waals surface area contributed by atoms with E-state index in [0.717, 1.165) is 31.4 Å². The van der Waals surface area contributed by atoms with E-state index in [1.54, 1.807) is 6.20 Å². The van der Waals surface area contributed by atoms with Crippen molar-refractivity contribution in [1.29, 1.82) is 0 Å². The van der Waals surface area contributed by atoms with Gasteiger partial charge in [0, 0.05) is 43.3 Å². The van der Waals surface area contributed by atoms with Gasteiger partial charge in [-0.25, -0.2) is 4.98 Å². The Kier molecular flexibility index (Phi) is 16.3. The fraction of sp³-hybridized carbons (Fsp3) is 0.708. The lowest BCUT2D eigenvalue weighted by atomic mass is 9.74. The summed E-state index contributed by atoms with van der Waals surface area (Å²) in [5.74, 6) is 1.20. The van der Waals surface area contributed by atoms with Gasteiger partial charge in [0.2, 0.25) is 5.91 Å². The molecule has 1 aromatic heterocycles. The van der Waals surface area contributed by atoms with E-state index in [9.17, 15) is 9.59 Å². The molecule has 1 aliphatic heterocycles. The SMILES string of the molecule is C/C(=C\c1nccs1)C(=O)N1CC(C=O)CC(C2CCCCC2)C1.CC.CC.CO. The first-order chi connectivity index (χ1) is 14.7. The number of likely N-dealkylation sites (tertiary alicyclic amines) is 1. The summed E-state index contributed by atoms with van der Waals surface area (Å²) in [6.07, 6.45) is 12.0. The van der Waals surface area contributed by atoms with Gasteiger partial charge in [-0.1, -0.05) is 59.8 Å². The maximum Gasteiger partial charge on any atom is 0.249 e. The van der Waals surface area contributed by atoms with Crippen molar-refractivity contribution in [2.45, 2.75) is 73.1 Å². The highest BCUT2D eigenvalue weighted by molar-refractivity contribution is 7.10. The van der Waals surface area contributed by atoms with Crippen LogP contribution in [0.4, 0.5) is 0 Å². The van der Waals surface area contributed by atoms with Crippen molar-refractivity contribution in [3.63, 3.8) is 0 Å². The van der Waals surface area contributed by atoms with Crippen LogP contribution in [0.25, 0.3) is 6.08 Å². The first-order valence-electron chi connectivity index (χ1n) is 11.4. The third-order valence-electron chi connectivity index (χ3n) is 5.44. The number of amides is 1. The lowest BCUT2D eigenvalue weighted by Gasteiger charge is -2.41. The van der Waals surface area contributed by atoms with Crippen molar-refractivity contribution in [3.8, 4) is 0 Å². The molecule has 1 amide bonds. The van der Waals surface area contributed by atoms with E-state index in [4.69, 9.17) is 5.11 Å². The van der Waals surface area contributed by atoms with Crippen LogP contribution in [0.1, 0.15) is 78.2 Å². The average Bonchev–Trinajstić information content (AvgIpc) is 3.35. The normalized spacial score (nSPS) is 21.7. The van der Waals surface area contributed by atoms with Crippen molar-refractivity contribution < 1.29 is 14.7 Å². The van der Waals surface area contributed by atoms with E-state index in [0.29, 0.717) is 24.0 Å². The van der Waals surface area contributed by atoms with Gasteiger partial charge in [-0.2, -0.15) is 0 Å². The third kappa shape index (κ3) is 9.09. The van der Waals surface area contributed by atoms with Crippen LogP contribution in [0.3, 0.4) is 0 Å². The van der Waals surface area contributed by atoms with Gasteiger partial charge in [0.1, 0.15) is 11.3 Å². The van der Waals surface area contributed by atoms with E-state index in [1.165, 1.54) is 43.4 Å². The lowest BCUT2D eigenvalue weighted by molar-refractivity contribution is -0.131. The van der Waals surface area contributed by atoms with Gasteiger partial charge in [-0.3, -0.25) is 4.79 Å². The quantitative estimate of drug-likeness (QED) is 0.501. The Hall–Kier alpha value is -1.53. The predicted octanol–water partition coefficient (Wildman–Crippen LogP) is 5.45. The number of hydrogen-bond acceptors (Lipinski definition) is 5. The maximum absolute atomic E-state index is 12.8. The second-order valence-electron chi connectivity index (χ2n) is 7.20. The molecule has 0 spiro atoms. The minimum Gasteiger partial charge on any atom is -0.400 e. The van der Waals surface area contributed by atoms with Crippen molar-refractivity contribution >= 4 is 29.6 Å². The summed E-state index contributed by atoms with van der Waals surface area (Å²) in [6.45, 7) is 11.2. The largest absolute Gasteiger partial charge is 0.400 e. The number of carbonyl (C=O) groups is 2. The fourth-order valence-corrected chi connectivity index (χ4v) is 4.82. The molecule has 2 aliphatic rings. The predicted molar refractivity (Wildman–Crippen MR) is 127 cm³/mol. The fourth-order valence-electron chi connectivity index (χ4n) is 4.19. The van der Waals surface area contributed by atoms with Gasteiger partial charge in [-0.15, -0.1) is 11.3 Å². The van der Waals surface area contributed by atoms with Crippen LogP contribution < -0.4 is 0 Å². The average molecular weight is 439 g/mol. The number of carbonyl (C=O) groups excluding carboxylic acids is 2. The van der Waals surface area contributed by atoms with Gasteiger partial charge in [0.25, 0.3) is 0 Å². The molecular weight excluding hydrogens is 396 g/mol. The van der Waals surface area contributed by atoms with E-state index >= 15 is 0 Å². The molecule has 1 saturated carbocycles. The molecule has 1 saturated heterocycles. The number of aromatic nitrogens is 1. The Balaban J connectivity index is 0.00000129. The van der Waals surface area contributed by atoms with Crippen LogP contribution in [0.2, 0.25) is 0 Å². The Morgan fingerprint density at radius 1 is 1.10 bits per heavy atom. The molecule has 1 N–H and O–H groups in total. The molecule has 6 heteroatoms. The van der Waals surface area contributed by atoms with Gasteiger partial charge in [0.15, 0.2) is 0 Å². The van der Waals surface area contributed by atoms with Crippen LogP contribution in [0.5, 0.6) is 0 Å². The first-order valence-corrected chi connectivity index (χ1v) is 12.3. The highest BCUT2D eigenvalue weighted by Crippen LogP contribution is 2.36. The van der Waals surface area contributed by atoms with Crippen molar-refractivity contribution in [2.75, 3.05) is 20.2 Å². The zero-order chi connectivity index (χ0) is 22.9. The standard InChI is InChI=1S/C19H26N2O2S.2C2H6.CH4O/c1-14(9-18-20-7-8-24-18)19(23)21-11-15(13-22)10-17(12-21)16-5-3-2-4-6-16;3*1-2/h7-9,13,15-17H,2-6,10-12H2,1H3;2*1-2H3;2H,1H3/b14-9+;;;. The molecule has 0 bridgehead atoms. The molecule has 2 unspecified atom stereocenters. The van der Waals surface area contributed by atoms with Crippen LogP contribution in [0, 0.1) is 17.8 Å². The van der Waals surface area contributed by atoms with E-state index in [2.05, 4.69) is 4.98 Å². The number of piperidine rings is 1. The monoisotopic (exact) mass is 438 g/mol. The first kappa shape index (κ1) is 28.5. The number of aldehydes is 1. The molecule has 2 fully saturated rings. The van der Waals surface area contributed by atoms with Gasteiger partial charge in [0.05, 0.1) is 0 Å².